The van der Waals surface area contributed by atoms with E-state index in [9.17, 15) is 4.79 Å². The average Bonchev–Trinajstić information content (AvgIpc) is 2.46. The maximum atomic E-state index is 11.0. The van der Waals surface area contributed by atoms with E-state index in [0.29, 0.717) is 6.04 Å². The van der Waals surface area contributed by atoms with Gasteiger partial charge in [-0.2, -0.15) is 0 Å². The molecule has 4 heteroatoms. The average molecular weight is 268 g/mol. The maximum absolute atomic E-state index is 11.0. The van der Waals surface area contributed by atoms with Crippen molar-refractivity contribution < 1.29 is 9.90 Å². The zero-order valence-corrected chi connectivity index (χ0v) is 12.1. The minimum Gasteiger partial charge on any atom is -0.481 e. The minimum atomic E-state index is -0.609. The normalized spacial score (nSPS) is 30.4. The summed E-state index contributed by atoms with van der Waals surface area (Å²) in [4.78, 5) is 13.6. The third-order valence-corrected chi connectivity index (χ3v) is 4.87. The van der Waals surface area contributed by atoms with Gasteiger partial charge in [-0.1, -0.05) is 13.3 Å². The van der Waals surface area contributed by atoms with Crippen LogP contribution in [0.25, 0.3) is 0 Å². The molecule has 1 saturated heterocycles. The van der Waals surface area contributed by atoms with Crippen molar-refractivity contribution in [2.45, 2.75) is 51.5 Å². The van der Waals surface area contributed by atoms with Crippen molar-refractivity contribution in [3.63, 3.8) is 0 Å². The van der Waals surface area contributed by atoms with Crippen LogP contribution in [0.15, 0.2) is 0 Å². The topological polar surface area (TPSA) is 52.6 Å². The lowest BCUT2D eigenvalue weighted by molar-refractivity contribution is -0.143. The number of aliphatic carboxylic acids is 1. The highest BCUT2D eigenvalue weighted by molar-refractivity contribution is 5.70. The fraction of sp³-hybridized carbons (Fsp3) is 0.933. The minimum absolute atomic E-state index is 0.117. The molecule has 0 spiro atoms. The molecule has 0 bridgehead atoms. The predicted octanol–water partition coefficient (Wildman–Crippen LogP) is 1.95. The van der Waals surface area contributed by atoms with Gasteiger partial charge in [-0.25, -0.2) is 0 Å². The Bertz CT molecular complexity index is 288. The van der Waals surface area contributed by atoms with Crippen LogP contribution in [0, 0.1) is 11.8 Å². The van der Waals surface area contributed by atoms with E-state index in [4.69, 9.17) is 5.11 Å². The molecule has 4 nitrogen and oxygen atoms in total. The molecule has 0 aromatic rings. The number of carboxylic acid groups (broad SMARTS) is 1. The van der Waals surface area contributed by atoms with Crippen molar-refractivity contribution in [3.8, 4) is 0 Å². The van der Waals surface area contributed by atoms with Crippen LogP contribution < -0.4 is 5.32 Å². The molecule has 2 atom stereocenters. The molecule has 1 aliphatic carbocycles. The van der Waals surface area contributed by atoms with Crippen LogP contribution in [-0.4, -0.2) is 48.2 Å². The molecule has 110 valence electrons. The number of hydrogen-bond acceptors (Lipinski definition) is 3. The van der Waals surface area contributed by atoms with Crippen LogP contribution in [0.5, 0.6) is 0 Å². The van der Waals surface area contributed by atoms with E-state index in [-0.39, 0.29) is 5.92 Å². The third-order valence-electron chi connectivity index (χ3n) is 4.87. The Morgan fingerprint density at radius 2 is 2.00 bits per heavy atom. The van der Waals surface area contributed by atoms with Gasteiger partial charge in [0.25, 0.3) is 0 Å². The second-order valence-corrected chi connectivity index (χ2v) is 6.18. The fourth-order valence-electron chi connectivity index (χ4n) is 3.44. The van der Waals surface area contributed by atoms with Gasteiger partial charge in [0.15, 0.2) is 0 Å². The van der Waals surface area contributed by atoms with Gasteiger partial charge in [0.05, 0.1) is 5.92 Å². The Balaban J connectivity index is 1.66. The highest BCUT2D eigenvalue weighted by Crippen LogP contribution is 2.25. The van der Waals surface area contributed by atoms with Gasteiger partial charge in [0, 0.05) is 6.04 Å². The molecule has 2 unspecified atom stereocenters. The molecule has 2 N–H and O–H groups in total. The molecular weight excluding hydrogens is 240 g/mol. The van der Waals surface area contributed by atoms with Gasteiger partial charge in [-0.3, -0.25) is 4.79 Å². The summed E-state index contributed by atoms with van der Waals surface area (Å²) in [5, 5.41) is 12.7. The van der Waals surface area contributed by atoms with E-state index in [1.165, 1.54) is 32.5 Å². The first-order chi connectivity index (χ1) is 9.19. The Labute approximate surface area is 116 Å². The molecule has 0 aromatic heterocycles. The number of nitrogens with zero attached hydrogens (tertiary/aromatic N) is 1. The predicted molar refractivity (Wildman–Crippen MR) is 76.2 cm³/mol. The van der Waals surface area contributed by atoms with Gasteiger partial charge < -0.3 is 15.3 Å². The second-order valence-electron chi connectivity index (χ2n) is 6.18. The van der Waals surface area contributed by atoms with Crippen LogP contribution in [0.1, 0.15) is 45.4 Å². The zero-order chi connectivity index (χ0) is 13.7. The molecule has 1 saturated carbocycles. The number of carbonyl (C=O) groups is 1. The molecule has 0 amide bonds. The lowest BCUT2D eigenvalue weighted by Gasteiger charge is -2.33. The first kappa shape index (κ1) is 14.8. The Hall–Kier alpha value is -0.610. The number of hydrogen-bond donors (Lipinski definition) is 2. The van der Waals surface area contributed by atoms with E-state index in [1.807, 2.05) is 0 Å². The fourth-order valence-corrected chi connectivity index (χ4v) is 3.44. The quantitative estimate of drug-likeness (QED) is 0.800. The number of carboxylic acids is 1. The third kappa shape index (κ3) is 4.46. The standard InChI is InChI=1S/C15H28N2O2/c1-2-17-8-6-12(7-9-17)11-16-14-5-3-4-13(10-14)15(18)19/h12-14,16H,2-11H2,1H3,(H,18,19). The Kier molecular flexibility index (Phi) is 5.64. The van der Waals surface area contributed by atoms with Crippen LogP contribution >= 0.6 is 0 Å². The van der Waals surface area contributed by atoms with E-state index < -0.39 is 5.97 Å². The van der Waals surface area contributed by atoms with Gasteiger partial charge in [0.1, 0.15) is 0 Å². The van der Waals surface area contributed by atoms with Crippen LogP contribution in [0.3, 0.4) is 0 Å². The SMILES string of the molecule is CCN1CCC(CNC2CCCC(C(=O)O)C2)CC1. The molecule has 1 heterocycles. The summed E-state index contributed by atoms with van der Waals surface area (Å²) in [6.45, 7) is 6.93. The first-order valence-electron chi connectivity index (χ1n) is 7.87. The highest BCUT2D eigenvalue weighted by atomic mass is 16.4. The summed E-state index contributed by atoms with van der Waals surface area (Å²) in [6, 6.07) is 0.430. The lowest BCUT2D eigenvalue weighted by Crippen LogP contribution is -2.42. The lowest BCUT2D eigenvalue weighted by atomic mass is 9.85. The molecular formula is C15H28N2O2. The Morgan fingerprint density at radius 1 is 1.26 bits per heavy atom. The number of rotatable bonds is 5. The van der Waals surface area contributed by atoms with Crippen LogP contribution in [0.4, 0.5) is 0 Å². The van der Waals surface area contributed by atoms with Crippen molar-refractivity contribution in [2.24, 2.45) is 11.8 Å². The van der Waals surface area contributed by atoms with Crippen molar-refractivity contribution >= 4 is 5.97 Å². The number of likely N-dealkylation sites (tertiary alicyclic amines) is 1. The molecule has 2 rings (SSSR count). The number of nitrogens with one attached hydrogen (secondary N) is 1. The summed E-state index contributed by atoms with van der Waals surface area (Å²) in [5.41, 5.74) is 0. The van der Waals surface area contributed by atoms with Gasteiger partial charge in [0.2, 0.25) is 0 Å². The zero-order valence-electron chi connectivity index (χ0n) is 12.1. The second kappa shape index (κ2) is 7.25. The maximum Gasteiger partial charge on any atom is 0.306 e. The largest absolute Gasteiger partial charge is 0.481 e. The van der Waals surface area contributed by atoms with E-state index in [0.717, 1.165) is 38.1 Å². The summed E-state index contributed by atoms with van der Waals surface area (Å²) in [6.07, 6.45) is 6.47. The van der Waals surface area contributed by atoms with Gasteiger partial charge in [-0.05, 0) is 64.2 Å². The summed E-state index contributed by atoms with van der Waals surface area (Å²) >= 11 is 0. The van der Waals surface area contributed by atoms with Crippen LogP contribution in [0.2, 0.25) is 0 Å². The first-order valence-corrected chi connectivity index (χ1v) is 7.87. The van der Waals surface area contributed by atoms with Gasteiger partial charge in [-0.15, -0.1) is 0 Å². The van der Waals surface area contributed by atoms with Crippen molar-refractivity contribution in [1.29, 1.82) is 0 Å². The number of piperidine rings is 1. The molecule has 1 aliphatic heterocycles. The summed E-state index contributed by atoms with van der Waals surface area (Å²) < 4.78 is 0. The Morgan fingerprint density at radius 3 is 2.63 bits per heavy atom. The van der Waals surface area contributed by atoms with Crippen molar-refractivity contribution in [1.82, 2.24) is 10.2 Å². The molecule has 0 radical (unpaired) electrons. The highest BCUT2D eigenvalue weighted by Gasteiger charge is 2.27. The van der Waals surface area contributed by atoms with Crippen molar-refractivity contribution in [2.75, 3.05) is 26.2 Å². The summed E-state index contributed by atoms with van der Waals surface area (Å²) in [7, 11) is 0. The molecule has 2 aliphatic rings. The van der Waals surface area contributed by atoms with E-state index in [2.05, 4.69) is 17.1 Å². The van der Waals surface area contributed by atoms with Crippen LogP contribution in [-0.2, 0) is 4.79 Å². The van der Waals surface area contributed by atoms with Gasteiger partial charge >= 0.3 is 5.97 Å². The molecule has 0 aromatic carbocycles. The molecule has 19 heavy (non-hydrogen) atoms. The van der Waals surface area contributed by atoms with E-state index >= 15 is 0 Å². The smallest absolute Gasteiger partial charge is 0.306 e. The van der Waals surface area contributed by atoms with Crippen molar-refractivity contribution in [3.05, 3.63) is 0 Å². The summed E-state index contributed by atoms with van der Waals surface area (Å²) in [5.74, 6) is 0.0592. The molecule has 2 fully saturated rings. The monoisotopic (exact) mass is 268 g/mol. The van der Waals surface area contributed by atoms with E-state index in [1.54, 1.807) is 0 Å².